The summed E-state index contributed by atoms with van der Waals surface area (Å²) in [6, 6.07) is 9.67. The van der Waals surface area contributed by atoms with Gasteiger partial charge in [-0.1, -0.05) is 30.3 Å². The fraction of sp³-hybridized carbons (Fsp3) is 0.381. The minimum Gasteiger partial charge on any atom is -0.381 e. The number of carbonyl (C=O) groups is 1. The third-order valence-corrected chi connectivity index (χ3v) is 7.12. The Morgan fingerprint density at radius 3 is 2.60 bits per heavy atom. The molecule has 0 radical (unpaired) electrons. The van der Waals surface area contributed by atoms with Crippen LogP contribution >= 0.6 is 0 Å². The molecule has 0 bridgehead atoms. The summed E-state index contributed by atoms with van der Waals surface area (Å²) in [4.78, 5) is 17.5. The molecular weight excluding hydrogens is 402 g/mol. The second-order valence-electron chi connectivity index (χ2n) is 7.48. The maximum absolute atomic E-state index is 13.0. The predicted octanol–water partition coefficient (Wildman–Crippen LogP) is 2.37. The Bertz CT molecular complexity index is 1140. The van der Waals surface area contributed by atoms with Crippen LogP contribution in [-0.4, -0.2) is 46.6 Å². The van der Waals surface area contributed by atoms with E-state index in [0.29, 0.717) is 42.8 Å². The van der Waals surface area contributed by atoms with Crippen LogP contribution in [0, 0.1) is 0 Å². The van der Waals surface area contributed by atoms with Crippen molar-refractivity contribution in [2.24, 2.45) is 0 Å². The van der Waals surface area contributed by atoms with Gasteiger partial charge in [0.2, 0.25) is 0 Å². The molecule has 0 aliphatic carbocycles. The van der Waals surface area contributed by atoms with E-state index in [1.54, 1.807) is 17.1 Å². The standard InChI is InChI=1S/C21H25N5O3S/c1-2-26-20-17(14-24-26)19(25-16-8-10-30(28,29)11-9-16)18(13-22-20)21(27)23-12-15-6-4-3-5-7-15/h3-7,13-14,16H,2,8-12H2,1H3,(H,22,25)(H,23,27). The first-order chi connectivity index (χ1) is 14.5. The smallest absolute Gasteiger partial charge is 0.255 e. The Labute approximate surface area is 175 Å². The quantitative estimate of drug-likeness (QED) is 0.626. The molecule has 0 atom stereocenters. The Kier molecular flexibility index (Phi) is 5.72. The molecule has 1 aliphatic rings. The Hall–Kier alpha value is -2.94. The maximum atomic E-state index is 13.0. The molecule has 1 saturated heterocycles. The normalized spacial score (nSPS) is 16.4. The van der Waals surface area contributed by atoms with Crippen LogP contribution in [0.4, 0.5) is 5.69 Å². The molecule has 2 N–H and O–H groups in total. The summed E-state index contributed by atoms with van der Waals surface area (Å²) < 4.78 is 25.3. The van der Waals surface area contributed by atoms with Crippen molar-refractivity contribution >= 4 is 32.5 Å². The molecule has 4 rings (SSSR count). The lowest BCUT2D eigenvalue weighted by Gasteiger charge is -2.25. The predicted molar refractivity (Wildman–Crippen MR) is 116 cm³/mol. The van der Waals surface area contributed by atoms with Gasteiger partial charge in [0.25, 0.3) is 5.91 Å². The highest BCUT2D eigenvalue weighted by atomic mass is 32.2. The van der Waals surface area contributed by atoms with Crippen LogP contribution < -0.4 is 10.6 Å². The second-order valence-corrected chi connectivity index (χ2v) is 9.79. The molecule has 2 aromatic heterocycles. The number of amides is 1. The van der Waals surface area contributed by atoms with Gasteiger partial charge in [0.1, 0.15) is 9.84 Å². The average Bonchev–Trinajstić information content (AvgIpc) is 3.18. The molecule has 1 amide bonds. The lowest BCUT2D eigenvalue weighted by molar-refractivity contribution is 0.0951. The number of aryl methyl sites for hydroxylation is 1. The van der Waals surface area contributed by atoms with Crippen LogP contribution in [0.15, 0.2) is 42.7 Å². The van der Waals surface area contributed by atoms with E-state index in [9.17, 15) is 13.2 Å². The molecule has 3 aromatic rings. The van der Waals surface area contributed by atoms with Crippen LogP contribution in [-0.2, 0) is 22.9 Å². The van der Waals surface area contributed by atoms with Crippen LogP contribution in [0.1, 0.15) is 35.7 Å². The van der Waals surface area contributed by atoms with E-state index in [1.807, 2.05) is 37.3 Å². The van der Waals surface area contributed by atoms with Crippen molar-refractivity contribution in [2.45, 2.75) is 38.9 Å². The highest BCUT2D eigenvalue weighted by Crippen LogP contribution is 2.29. The molecule has 1 aromatic carbocycles. The fourth-order valence-corrected chi connectivity index (χ4v) is 5.19. The van der Waals surface area contributed by atoms with Crippen molar-refractivity contribution in [1.82, 2.24) is 20.1 Å². The minimum absolute atomic E-state index is 0.0234. The van der Waals surface area contributed by atoms with E-state index < -0.39 is 9.84 Å². The van der Waals surface area contributed by atoms with E-state index in [4.69, 9.17) is 0 Å². The van der Waals surface area contributed by atoms with Crippen LogP contribution in [0.25, 0.3) is 11.0 Å². The lowest BCUT2D eigenvalue weighted by Crippen LogP contribution is -2.33. The number of aromatic nitrogens is 3. The molecule has 9 heteroatoms. The van der Waals surface area contributed by atoms with Gasteiger partial charge in [-0.05, 0) is 25.3 Å². The first-order valence-corrected chi connectivity index (χ1v) is 11.9. The number of carbonyl (C=O) groups excluding carboxylic acids is 1. The van der Waals surface area contributed by atoms with E-state index in [0.717, 1.165) is 10.9 Å². The van der Waals surface area contributed by atoms with Gasteiger partial charge < -0.3 is 10.6 Å². The Morgan fingerprint density at radius 1 is 1.17 bits per heavy atom. The van der Waals surface area contributed by atoms with Crippen LogP contribution in [0.3, 0.4) is 0 Å². The number of pyridine rings is 1. The molecule has 1 fully saturated rings. The summed E-state index contributed by atoms with van der Waals surface area (Å²) in [5, 5.41) is 11.5. The molecule has 0 saturated carbocycles. The number of sulfone groups is 1. The molecule has 0 spiro atoms. The van der Waals surface area contributed by atoms with Gasteiger partial charge in [-0.25, -0.2) is 18.1 Å². The largest absolute Gasteiger partial charge is 0.381 e. The number of hydrogen-bond acceptors (Lipinski definition) is 6. The van der Waals surface area contributed by atoms with E-state index >= 15 is 0 Å². The molecule has 1 aliphatic heterocycles. The van der Waals surface area contributed by atoms with E-state index in [1.165, 1.54) is 0 Å². The monoisotopic (exact) mass is 427 g/mol. The molecule has 3 heterocycles. The summed E-state index contributed by atoms with van der Waals surface area (Å²) in [6.45, 7) is 3.05. The number of fused-ring (bicyclic) bond motifs is 1. The first-order valence-electron chi connectivity index (χ1n) is 10.1. The number of nitrogens with one attached hydrogen (secondary N) is 2. The Morgan fingerprint density at radius 2 is 1.90 bits per heavy atom. The third-order valence-electron chi connectivity index (χ3n) is 5.41. The SMILES string of the molecule is CCn1ncc2c(NC3CCS(=O)(=O)CC3)c(C(=O)NCc3ccccc3)cnc21. The van der Waals surface area contributed by atoms with Crippen molar-refractivity contribution in [1.29, 1.82) is 0 Å². The van der Waals surface area contributed by atoms with Crippen LogP contribution in [0.2, 0.25) is 0 Å². The van der Waals surface area contributed by atoms with Gasteiger partial charge in [-0.2, -0.15) is 5.10 Å². The number of hydrogen-bond donors (Lipinski definition) is 2. The highest BCUT2D eigenvalue weighted by Gasteiger charge is 2.26. The summed E-state index contributed by atoms with van der Waals surface area (Å²) in [5.74, 6) is 0.0779. The fourth-order valence-electron chi connectivity index (χ4n) is 3.70. The molecule has 30 heavy (non-hydrogen) atoms. The van der Waals surface area contributed by atoms with E-state index in [-0.39, 0.29) is 23.5 Å². The van der Waals surface area contributed by atoms with Gasteiger partial charge in [0.15, 0.2) is 5.65 Å². The number of rotatable bonds is 6. The van der Waals surface area contributed by atoms with E-state index in [2.05, 4.69) is 20.7 Å². The van der Waals surface area contributed by atoms with Gasteiger partial charge in [-0.15, -0.1) is 0 Å². The Balaban J connectivity index is 1.63. The zero-order chi connectivity index (χ0) is 21.1. The zero-order valence-corrected chi connectivity index (χ0v) is 17.7. The summed E-state index contributed by atoms with van der Waals surface area (Å²) in [5.41, 5.74) is 2.80. The lowest BCUT2D eigenvalue weighted by atomic mass is 10.1. The number of nitrogens with zero attached hydrogens (tertiary/aromatic N) is 3. The van der Waals surface area contributed by atoms with Gasteiger partial charge in [0, 0.05) is 25.3 Å². The summed E-state index contributed by atoms with van der Waals surface area (Å²) >= 11 is 0. The second kappa shape index (κ2) is 8.43. The van der Waals surface area contributed by atoms with Crippen molar-refractivity contribution in [3.8, 4) is 0 Å². The summed E-state index contributed by atoms with van der Waals surface area (Å²) in [6.07, 6.45) is 4.30. The summed E-state index contributed by atoms with van der Waals surface area (Å²) in [7, 11) is -2.96. The molecule has 158 valence electrons. The highest BCUT2D eigenvalue weighted by molar-refractivity contribution is 7.91. The van der Waals surface area contributed by atoms with Crippen molar-refractivity contribution in [3.63, 3.8) is 0 Å². The van der Waals surface area contributed by atoms with Gasteiger partial charge >= 0.3 is 0 Å². The van der Waals surface area contributed by atoms with Crippen molar-refractivity contribution in [3.05, 3.63) is 53.9 Å². The minimum atomic E-state index is -2.96. The maximum Gasteiger partial charge on any atom is 0.255 e. The third kappa shape index (κ3) is 4.30. The topological polar surface area (TPSA) is 106 Å². The number of benzene rings is 1. The number of anilines is 1. The van der Waals surface area contributed by atoms with Crippen LogP contribution in [0.5, 0.6) is 0 Å². The average molecular weight is 428 g/mol. The molecular formula is C21H25N5O3S. The molecule has 8 nitrogen and oxygen atoms in total. The van der Waals surface area contributed by atoms with Gasteiger partial charge in [0.05, 0.1) is 34.3 Å². The van der Waals surface area contributed by atoms with Crippen molar-refractivity contribution < 1.29 is 13.2 Å². The molecule has 0 unspecified atom stereocenters. The van der Waals surface area contributed by atoms with Crippen molar-refractivity contribution in [2.75, 3.05) is 16.8 Å². The first kappa shape index (κ1) is 20.3. The zero-order valence-electron chi connectivity index (χ0n) is 16.8. The van der Waals surface area contributed by atoms with Gasteiger partial charge in [-0.3, -0.25) is 4.79 Å².